The number of carbonyl (C=O) groups excluding carboxylic acids is 1. The highest BCUT2D eigenvalue weighted by Gasteiger charge is 2.39. The Morgan fingerprint density at radius 1 is 1.12 bits per heavy atom. The topological polar surface area (TPSA) is 98.3 Å². The van der Waals surface area contributed by atoms with E-state index in [2.05, 4.69) is 20.2 Å². The monoisotopic (exact) mass is 571 g/mol. The lowest BCUT2D eigenvalue weighted by molar-refractivity contribution is -0.134. The highest BCUT2D eigenvalue weighted by atomic mass is 35.5. The number of halogens is 2. The van der Waals surface area contributed by atoms with Crippen LogP contribution in [0.2, 0.25) is 5.02 Å². The predicted octanol–water partition coefficient (Wildman–Crippen LogP) is 3.85. The molecule has 12 heteroatoms. The van der Waals surface area contributed by atoms with E-state index < -0.39 is 5.82 Å². The van der Waals surface area contributed by atoms with Crippen LogP contribution in [0.3, 0.4) is 0 Å². The quantitative estimate of drug-likeness (QED) is 0.432. The second kappa shape index (κ2) is 11.7. The first-order valence-electron chi connectivity index (χ1n) is 13.4. The summed E-state index contributed by atoms with van der Waals surface area (Å²) in [5.41, 5.74) is 0.879. The zero-order valence-corrected chi connectivity index (χ0v) is 22.9. The van der Waals surface area contributed by atoms with E-state index in [1.807, 2.05) is 4.90 Å². The van der Waals surface area contributed by atoms with E-state index in [0.29, 0.717) is 72.2 Å². The summed E-state index contributed by atoms with van der Waals surface area (Å²) in [5, 5.41) is 3.99. The molecule has 2 atom stereocenters. The first-order chi connectivity index (χ1) is 19.5. The summed E-state index contributed by atoms with van der Waals surface area (Å²) in [6.07, 6.45) is 3.31. The van der Waals surface area contributed by atoms with Gasteiger partial charge < -0.3 is 29.2 Å². The number of likely N-dealkylation sites (tertiary alicyclic amines) is 2. The maximum absolute atomic E-state index is 14.4. The maximum atomic E-state index is 14.4. The molecule has 212 valence electrons. The van der Waals surface area contributed by atoms with E-state index in [0.717, 1.165) is 25.9 Å². The summed E-state index contributed by atoms with van der Waals surface area (Å²) in [5.74, 6) is 1.51. The Balaban J connectivity index is 1.05. The van der Waals surface area contributed by atoms with Gasteiger partial charge in [0, 0.05) is 42.7 Å². The van der Waals surface area contributed by atoms with Crippen LogP contribution >= 0.6 is 11.6 Å². The number of rotatable bonds is 8. The average molecular weight is 572 g/mol. The molecule has 1 aromatic heterocycles. The van der Waals surface area contributed by atoms with Gasteiger partial charge in [-0.15, -0.1) is 0 Å². The summed E-state index contributed by atoms with van der Waals surface area (Å²) in [4.78, 5) is 25.6. The van der Waals surface area contributed by atoms with E-state index in [4.69, 9.17) is 30.5 Å². The van der Waals surface area contributed by atoms with E-state index in [1.165, 1.54) is 12.4 Å². The van der Waals surface area contributed by atoms with Crippen molar-refractivity contribution in [2.75, 3.05) is 58.6 Å². The highest BCUT2D eigenvalue weighted by molar-refractivity contribution is 6.30. The molecule has 6 rings (SSSR count). The van der Waals surface area contributed by atoms with E-state index in [1.54, 1.807) is 31.4 Å². The van der Waals surface area contributed by atoms with Crippen LogP contribution in [0.1, 0.15) is 12.8 Å². The molecular formula is C28H31ClFN5O5. The molecule has 1 amide bonds. The largest absolute Gasteiger partial charge is 0.493 e. The number of aromatic nitrogens is 2. The van der Waals surface area contributed by atoms with Crippen molar-refractivity contribution in [1.29, 1.82) is 0 Å². The fourth-order valence-electron chi connectivity index (χ4n) is 5.48. The molecule has 2 unspecified atom stereocenters. The van der Waals surface area contributed by atoms with Gasteiger partial charge >= 0.3 is 0 Å². The summed E-state index contributed by atoms with van der Waals surface area (Å²) in [6, 6.07) is 7.98. The first-order valence-corrected chi connectivity index (χ1v) is 13.8. The Labute approximate surface area is 236 Å². The van der Waals surface area contributed by atoms with Crippen LogP contribution in [-0.2, 0) is 14.3 Å². The Bertz CT molecular complexity index is 1380. The van der Waals surface area contributed by atoms with Gasteiger partial charge in [0.1, 0.15) is 37.0 Å². The number of benzene rings is 2. The second-order valence-electron chi connectivity index (χ2n) is 10.3. The van der Waals surface area contributed by atoms with Gasteiger partial charge in [0.25, 0.3) is 0 Å². The van der Waals surface area contributed by atoms with Gasteiger partial charge in [-0.2, -0.15) is 0 Å². The molecule has 2 aromatic carbocycles. The van der Waals surface area contributed by atoms with Crippen molar-refractivity contribution in [1.82, 2.24) is 19.8 Å². The number of anilines is 2. The molecule has 3 aromatic rings. The Hall–Kier alpha value is -3.25. The molecule has 3 fully saturated rings. The molecule has 4 heterocycles. The number of ether oxygens (including phenoxy) is 4. The Morgan fingerprint density at radius 3 is 2.62 bits per heavy atom. The van der Waals surface area contributed by atoms with E-state index >= 15 is 0 Å². The fraction of sp³-hybridized carbons (Fsp3) is 0.464. The minimum Gasteiger partial charge on any atom is -0.493 e. The number of nitrogens with zero attached hydrogens (tertiary/aromatic N) is 4. The number of piperidine rings is 1. The van der Waals surface area contributed by atoms with Crippen LogP contribution in [0.5, 0.6) is 11.5 Å². The zero-order chi connectivity index (χ0) is 27.6. The third kappa shape index (κ3) is 5.78. The highest BCUT2D eigenvalue weighted by Crippen LogP contribution is 2.36. The molecule has 3 saturated heterocycles. The lowest BCUT2D eigenvalue weighted by atomic mass is 9.97. The van der Waals surface area contributed by atoms with E-state index in [-0.39, 0.29) is 23.8 Å². The van der Waals surface area contributed by atoms with Gasteiger partial charge in [0.15, 0.2) is 11.5 Å². The summed E-state index contributed by atoms with van der Waals surface area (Å²) in [6.45, 7) is 4.16. The smallest absolute Gasteiger partial charge is 0.236 e. The Morgan fingerprint density at radius 2 is 1.90 bits per heavy atom. The summed E-state index contributed by atoms with van der Waals surface area (Å²) in [7, 11) is 1.57. The average Bonchev–Trinajstić information content (AvgIpc) is 3.55. The Kier molecular flexibility index (Phi) is 7.88. The van der Waals surface area contributed by atoms with Crippen LogP contribution in [0.4, 0.5) is 15.9 Å². The fourth-order valence-corrected chi connectivity index (χ4v) is 5.64. The van der Waals surface area contributed by atoms with Gasteiger partial charge in [0.2, 0.25) is 5.91 Å². The third-order valence-corrected chi connectivity index (χ3v) is 8.00. The van der Waals surface area contributed by atoms with Crippen LogP contribution in [0.15, 0.2) is 36.7 Å². The molecule has 40 heavy (non-hydrogen) atoms. The lowest BCUT2D eigenvalue weighted by Gasteiger charge is -2.33. The van der Waals surface area contributed by atoms with Gasteiger partial charge in [-0.1, -0.05) is 11.6 Å². The number of hydrogen-bond acceptors (Lipinski definition) is 9. The normalized spacial score (nSPS) is 21.5. The van der Waals surface area contributed by atoms with Crippen molar-refractivity contribution in [2.45, 2.75) is 25.0 Å². The van der Waals surface area contributed by atoms with Gasteiger partial charge in [-0.3, -0.25) is 9.69 Å². The van der Waals surface area contributed by atoms with Gasteiger partial charge in [0.05, 0.1) is 31.5 Å². The summed E-state index contributed by atoms with van der Waals surface area (Å²) >= 11 is 5.87. The first kappa shape index (κ1) is 26.9. The molecule has 1 N–H and O–H groups in total. The lowest BCUT2D eigenvalue weighted by Crippen LogP contribution is -2.44. The van der Waals surface area contributed by atoms with Crippen molar-refractivity contribution in [3.05, 3.63) is 47.5 Å². The molecular weight excluding hydrogens is 541 g/mol. The van der Waals surface area contributed by atoms with Crippen molar-refractivity contribution in [2.24, 2.45) is 5.92 Å². The molecule has 0 saturated carbocycles. The van der Waals surface area contributed by atoms with E-state index in [9.17, 15) is 9.18 Å². The minimum absolute atomic E-state index is 0.0866. The van der Waals surface area contributed by atoms with Crippen LogP contribution in [0, 0.1) is 11.7 Å². The predicted molar refractivity (Wildman–Crippen MR) is 147 cm³/mol. The van der Waals surface area contributed by atoms with Crippen LogP contribution < -0.4 is 14.8 Å². The molecule has 0 radical (unpaired) electrons. The molecule has 3 aliphatic heterocycles. The third-order valence-electron chi connectivity index (χ3n) is 7.76. The molecule has 10 nitrogen and oxygen atoms in total. The standard InChI is InChI=1S/C28H31ClFN5O5/c1-37-23-9-19-22(31-15-32-28(19)33-21-3-2-18(29)8-20(21)30)10-24(23)38-14-17-4-6-35(7-5-17)27(36)13-34-11-25-26(12-34)40-16-39-25/h2-3,8-10,15,17,25-26H,4-7,11-14,16H2,1H3,(H,31,32,33). The molecule has 0 aliphatic carbocycles. The zero-order valence-electron chi connectivity index (χ0n) is 22.1. The van der Waals surface area contributed by atoms with Gasteiger partial charge in [-0.25, -0.2) is 14.4 Å². The SMILES string of the molecule is COc1cc2c(Nc3ccc(Cl)cc3F)ncnc2cc1OCC1CCN(C(=O)CN2CC3OCOC3C2)CC1. The molecule has 0 bridgehead atoms. The van der Waals surface area contributed by atoms with Crippen molar-refractivity contribution >= 4 is 39.9 Å². The number of carbonyl (C=O) groups is 1. The number of amides is 1. The van der Waals surface area contributed by atoms with Gasteiger partial charge in [-0.05, 0) is 43.0 Å². The maximum Gasteiger partial charge on any atom is 0.236 e. The van der Waals surface area contributed by atoms with Crippen LogP contribution in [0.25, 0.3) is 10.9 Å². The number of methoxy groups -OCH3 is 1. The number of nitrogens with one attached hydrogen (secondary N) is 1. The molecule has 0 spiro atoms. The van der Waals surface area contributed by atoms with Crippen molar-refractivity contribution in [3.63, 3.8) is 0 Å². The van der Waals surface area contributed by atoms with Crippen molar-refractivity contribution in [3.8, 4) is 11.5 Å². The number of hydrogen-bond donors (Lipinski definition) is 1. The van der Waals surface area contributed by atoms with Crippen LogP contribution in [-0.4, -0.2) is 91.1 Å². The summed E-state index contributed by atoms with van der Waals surface area (Å²) < 4.78 is 37.3. The minimum atomic E-state index is -0.485. The number of fused-ring (bicyclic) bond motifs is 2. The van der Waals surface area contributed by atoms with Crippen molar-refractivity contribution < 1.29 is 28.1 Å². The molecule has 3 aliphatic rings. The second-order valence-corrected chi connectivity index (χ2v) is 10.8.